The Morgan fingerprint density at radius 2 is 1.90 bits per heavy atom. The summed E-state index contributed by atoms with van der Waals surface area (Å²) in [6, 6.07) is 7.88. The number of aromatic nitrogens is 2. The number of hydrogen-bond donors (Lipinski definition) is 2. The highest BCUT2D eigenvalue weighted by Gasteiger charge is 2.58. The molecule has 2 aliphatic rings. The Hall–Kier alpha value is -1.91. The quantitative estimate of drug-likeness (QED) is 0.762. The van der Waals surface area contributed by atoms with Crippen molar-refractivity contribution in [2.45, 2.75) is 44.8 Å². The lowest BCUT2D eigenvalue weighted by molar-refractivity contribution is 0.228. The first-order chi connectivity index (χ1) is 13.8. The predicted octanol–water partition coefficient (Wildman–Crippen LogP) is 3.85. The summed E-state index contributed by atoms with van der Waals surface area (Å²) in [4.78, 5) is 11.5. The van der Waals surface area contributed by atoms with E-state index in [-0.39, 0.29) is 12.1 Å². The largest absolute Gasteiger partial charge is 0.390 e. The summed E-state index contributed by atoms with van der Waals surface area (Å²) in [6.45, 7) is 2.94. The number of anilines is 1. The zero-order valence-electron chi connectivity index (χ0n) is 16.3. The predicted molar refractivity (Wildman–Crippen MR) is 114 cm³/mol. The lowest BCUT2D eigenvalue weighted by atomic mass is 9.72. The molecule has 2 fully saturated rings. The highest BCUT2D eigenvalue weighted by molar-refractivity contribution is 6.43. The molecule has 1 aromatic carbocycles. The van der Waals surface area contributed by atoms with Crippen molar-refractivity contribution in [2.75, 3.05) is 18.0 Å². The molecule has 1 aromatic heterocycles. The second kappa shape index (κ2) is 7.41. The summed E-state index contributed by atoms with van der Waals surface area (Å²) in [7, 11) is 0. The topological polar surface area (TPSA) is 99.1 Å². The summed E-state index contributed by atoms with van der Waals surface area (Å²) in [5.41, 5.74) is 8.07. The van der Waals surface area contributed by atoms with Gasteiger partial charge >= 0.3 is 0 Å². The van der Waals surface area contributed by atoms with E-state index >= 15 is 0 Å². The van der Waals surface area contributed by atoms with Gasteiger partial charge in [0.15, 0.2) is 5.82 Å². The maximum absolute atomic E-state index is 9.96. The van der Waals surface area contributed by atoms with Crippen LogP contribution in [0.5, 0.6) is 0 Å². The van der Waals surface area contributed by atoms with Crippen LogP contribution in [-0.4, -0.2) is 33.7 Å². The molecule has 152 valence electrons. The zero-order chi connectivity index (χ0) is 20.8. The number of rotatable bonds is 4. The molecule has 0 bridgehead atoms. The molecule has 2 aromatic rings. The molecular formula is C21H23Cl2N5O. The van der Waals surface area contributed by atoms with Crippen LogP contribution in [0.2, 0.25) is 10.0 Å². The Labute approximate surface area is 180 Å². The van der Waals surface area contributed by atoms with Gasteiger partial charge in [0, 0.05) is 24.2 Å². The van der Waals surface area contributed by atoms with Gasteiger partial charge in [0.2, 0.25) is 0 Å². The molecule has 1 aliphatic carbocycles. The number of aryl methyl sites for hydroxylation is 1. The van der Waals surface area contributed by atoms with E-state index < -0.39 is 5.41 Å². The fourth-order valence-corrected chi connectivity index (χ4v) is 4.67. The van der Waals surface area contributed by atoms with Gasteiger partial charge in [0.05, 0.1) is 39.5 Å². The van der Waals surface area contributed by atoms with Gasteiger partial charge in [-0.3, -0.25) is 0 Å². The van der Waals surface area contributed by atoms with Crippen LogP contribution in [0.3, 0.4) is 0 Å². The first-order valence-electron chi connectivity index (χ1n) is 9.72. The van der Waals surface area contributed by atoms with Crippen molar-refractivity contribution in [1.82, 2.24) is 9.97 Å². The second-order valence-corrected chi connectivity index (χ2v) is 8.81. The van der Waals surface area contributed by atoms with E-state index in [2.05, 4.69) is 16.0 Å². The molecule has 3 N–H and O–H groups in total. The molecule has 29 heavy (non-hydrogen) atoms. The number of aliphatic hydroxyl groups excluding tert-OH is 1. The highest BCUT2D eigenvalue weighted by Crippen LogP contribution is 2.53. The third-order valence-electron chi connectivity index (χ3n) is 6.35. The van der Waals surface area contributed by atoms with Gasteiger partial charge in [0.25, 0.3) is 0 Å². The molecule has 0 atom stereocenters. The van der Waals surface area contributed by atoms with Crippen LogP contribution in [0.4, 0.5) is 5.82 Å². The van der Waals surface area contributed by atoms with Gasteiger partial charge in [-0.15, -0.1) is 0 Å². The summed E-state index contributed by atoms with van der Waals surface area (Å²) >= 11 is 12.5. The highest BCUT2D eigenvalue weighted by atomic mass is 35.5. The standard InChI is InChI=1S/C21H23Cl2N5O/c1-13-18(14-3-2-4-15(22)17(14)23)27-16(11-29)19(26-13)28-9-7-20(12-24,8-10-28)21(25)5-6-21/h2-4,29H,5-11,25H2,1H3. The minimum absolute atomic E-state index is 0.242. The van der Waals surface area contributed by atoms with Crippen LogP contribution in [0.25, 0.3) is 11.3 Å². The van der Waals surface area contributed by atoms with Crippen LogP contribution >= 0.6 is 23.2 Å². The Bertz CT molecular complexity index is 991. The Kier molecular flexibility index (Phi) is 5.20. The zero-order valence-corrected chi connectivity index (χ0v) is 17.8. The first kappa shape index (κ1) is 20.4. The van der Waals surface area contributed by atoms with Crippen LogP contribution in [0.15, 0.2) is 18.2 Å². The van der Waals surface area contributed by atoms with E-state index in [4.69, 9.17) is 33.9 Å². The minimum atomic E-state index is -0.473. The molecule has 6 nitrogen and oxygen atoms in total. The van der Waals surface area contributed by atoms with Gasteiger partial charge < -0.3 is 15.7 Å². The smallest absolute Gasteiger partial charge is 0.153 e. The SMILES string of the molecule is Cc1nc(N2CCC(C#N)(C3(N)CC3)CC2)c(CO)nc1-c1cccc(Cl)c1Cl. The molecule has 1 aliphatic heterocycles. The number of hydrogen-bond acceptors (Lipinski definition) is 6. The lowest BCUT2D eigenvalue weighted by Crippen LogP contribution is -2.51. The van der Waals surface area contributed by atoms with Crippen molar-refractivity contribution in [2.24, 2.45) is 11.1 Å². The number of benzene rings is 1. The Morgan fingerprint density at radius 3 is 2.48 bits per heavy atom. The Balaban J connectivity index is 1.65. The van der Waals surface area contributed by atoms with E-state index in [9.17, 15) is 10.4 Å². The van der Waals surface area contributed by atoms with Crippen molar-refractivity contribution in [3.05, 3.63) is 39.6 Å². The summed E-state index contributed by atoms with van der Waals surface area (Å²) in [5, 5.41) is 20.6. The lowest BCUT2D eigenvalue weighted by Gasteiger charge is -2.41. The monoisotopic (exact) mass is 431 g/mol. The number of nitrogens with zero attached hydrogens (tertiary/aromatic N) is 4. The normalized spacial score (nSPS) is 19.7. The van der Waals surface area contributed by atoms with Crippen molar-refractivity contribution < 1.29 is 5.11 Å². The van der Waals surface area contributed by atoms with Gasteiger partial charge in [0.1, 0.15) is 5.69 Å². The number of aliphatic hydroxyl groups is 1. The molecule has 0 amide bonds. The fourth-order valence-electron chi connectivity index (χ4n) is 4.28. The number of nitriles is 1. The molecule has 8 heteroatoms. The van der Waals surface area contributed by atoms with Gasteiger partial charge in [-0.2, -0.15) is 5.26 Å². The molecule has 0 radical (unpaired) electrons. The van der Waals surface area contributed by atoms with Crippen molar-refractivity contribution in [1.29, 1.82) is 5.26 Å². The van der Waals surface area contributed by atoms with E-state index in [0.717, 1.165) is 12.8 Å². The van der Waals surface area contributed by atoms with E-state index in [1.165, 1.54) is 0 Å². The maximum atomic E-state index is 9.96. The average Bonchev–Trinajstić information content (AvgIpc) is 3.49. The maximum Gasteiger partial charge on any atom is 0.153 e. The molecule has 0 unspecified atom stereocenters. The number of piperidine rings is 1. The molecule has 1 saturated carbocycles. The van der Waals surface area contributed by atoms with Gasteiger partial charge in [-0.1, -0.05) is 35.3 Å². The van der Waals surface area contributed by atoms with Gasteiger partial charge in [-0.25, -0.2) is 9.97 Å². The average molecular weight is 432 g/mol. The van der Waals surface area contributed by atoms with Crippen molar-refractivity contribution >= 4 is 29.0 Å². The fraction of sp³-hybridized carbons (Fsp3) is 0.476. The van der Waals surface area contributed by atoms with E-state index in [0.29, 0.717) is 64.4 Å². The van der Waals surface area contributed by atoms with Crippen molar-refractivity contribution in [3.63, 3.8) is 0 Å². The molecule has 4 rings (SSSR count). The number of nitrogens with two attached hydrogens (primary N) is 1. The molecule has 2 heterocycles. The van der Waals surface area contributed by atoms with Crippen LogP contribution in [-0.2, 0) is 6.61 Å². The Morgan fingerprint density at radius 1 is 1.21 bits per heavy atom. The van der Waals surface area contributed by atoms with Crippen molar-refractivity contribution in [3.8, 4) is 17.3 Å². The van der Waals surface area contributed by atoms with Crippen LogP contribution in [0.1, 0.15) is 37.1 Å². The first-order valence-corrected chi connectivity index (χ1v) is 10.5. The molecular weight excluding hydrogens is 409 g/mol. The summed E-state index contributed by atoms with van der Waals surface area (Å²) in [6.07, 6.45) is 3.20. The minimum Gasteiger partial charge on any atom is -0.390 e. The van der Waals surface area contributed by atoms with E-state index in [1.807, 2.05) is 19.1 Å². The summed E-state index contributed by atoms with van der Waals surface area (Å²) in [5.74, 6) is 0.653. The molecule has 1 saturated heterocycles. The third kappa shape index (κ3) is 3.36. The van der Waals surface area contributed by atoms with Crippen LogP contribution < -0.4 is 10.6 Å². The number of halogens is 2. The second-order valence-electron chi connectivity index (χ2n) is 8.02. The van der Waals surface area contributed by atoms with E-state index in [1.54, 1.807) is 6.07 Å². The van der Waals surface area contributed by atoms with Crippen LogP contribution in [0, 0.1) is 23.7 Å². The summed E-state index contributed by atoms with van der Waals surface area (Å²) < 4.78 is 0. The molecule has 0 spiro atoms. The third-order valence-corrected chi connectivity index (χ3v) is 7.17. The van der Waals surface area contributed by atoms with Gasteiger partial charge in [-0.05, 0) is 38.7 Å².